The molecule has 27 heavy (non-hydrogen) atoms. The molecule has 0 aliphatic carbocycles. The number of fused-ring (bicyclic) bond motifs is 1. The molecule has 0 unspecified atom stereocenters. The van der Waals surface area contributed by atoms with Gasteiger partial charge in [-0.25, -0.2) is 4.39 Å². The van der Waals surface area contributed by atoms with E-state index in [2.05, 4.69) is 22.1 Å². The molecule has 0 atom stereocenters. The van der Waals surface area contributed by atoms with Crippen LogP contribution in [0.5, 0.6) is 0 Å². The highest BCUT2D eigenvalue weighted by Gasteiger charge is 2.13. The van der Waals surface area contributed by atoms with E-state index in [9.17, 15) is 9.18 Å². The average molecular weight is 455 g/mol. The molecule has 0 spiro atoms. The van der Waals surface area contributed by atoms with E-state index in [0.717, 1.165) is 35.6 Å². The molecule has 0 saturated carbocycles. The van der Waals surface area contributed by atoms with Gasteiger partial charge in [-0.15, -0.1) is 17.0 Å². The minimum Gasteiger partial charge on any atom is -0.358 e. The maximum absolute atomic E-state index is 13.2. The zero-order valence-corrected chi connectivity index (χ0v) is 17.9. The number of carbonyl (C=O) groups excluding carboxylic acids is 1. The number of halogens is 3. The van der Waals surface area contributed by atoms with Crippen LogP contribution in [0, 0.1) is 12.7 Å². The van der Waals surface area contributed by atoms with E-state index in [1.807, 2.05) is 32.3 Å². The van der Waals surface area contributed by atoms with Crippen LogP contribution in [0.3, 0.4) is 0 Å². The Morgan fingerprint density at radius 2 is 1.96 bits per heavy atom. The van der Waals surface area contributed by atoms with E-state index in [0.29, 0.717) is 5.69 Å². The van der Waals surface area contributed by atoms with Crippen molar-refractivity contribution in [2.45, 2.75) is 13.3 Å². The molecule has 1 amide bonds. The summed E-state index contributed by atoms with van der Waals surface area (Å²) < 4.78 is 13.2. The van der Waals surface area contributed by atoms with Crippen LogP contribution < -0.4 is 5.32 Å². The van der Waals surface area contributed by atoms with Gasteiger partial charge in [0.2, 0.25) is 0 Å². The molecule has 0 aliphatic heterocycles. The Balaban J connectivity index is 0.00000261. The fourth-order valence-corrected chi connectivity index (χ4v) is 3.24. The number of carbonyl (C=O) groups is 1. The lowest BCUT2D eigenvalue weighted by Crippen LogP contribution is -2.15. The third kappa shape index (κ3) is 4.89. The molecule has 2 N–H and O–H groups in total. The Bertz CT molecular complexity index is 971. The van der Waals surface area contributed by atoms with Crippen molar-refractivity contribution in [1.29, 1.82) is 0 Å². The quantitative estimate of drug-likeness (QED) is 0.556. The molecular weight excluding hydrogens is 433 g/mol. The summed E-state index contributed by atoms with van der Waals surface area (Å²) >= 11 is 5.97. The van der Waals surface area contributed by atoms with E-state index in [1.54, 1.807) is 0 Å². The number of aryl methyl sites for hydroxylation is 1. The normalized spacial score (nSPS) is 10.9. The van der Waals surface area contributed by atoms with Gasteiger partial charge in [0.15, 0.2) is 0 Å². The zero-order chi connectivity index (χ0) is 18.8. The van der Waals surface area contributed by atoms with Gasteiger partial charge in [-0.3, -0.25) is 4.79 Å². The first-order valence-corrected chi connectivity index (χ1v) is 8.75. The molecule has 1 aromatic heterocycles. The van der Waals surface area contributed by atoms with Crippen molar-refractivity contribution < 1.29 is 9.18 Å². The summed E-state index contributed by atoms with van der Waals surface area (Å²) in [5.41, 5.74) is 4.32. The maximum Gasteiger partial charge on any atom is 0.257 e. The summed E-state index contributed by atoms with van der Waals surface area (Å²) in [5, 5.41) is 4.02. The van der Waals surface area contributed by atoms with Crippen LogP contribution in [0.2, 0.25) is 5.02 Å². The van der Waals surface area contributed by atoms with Gasteiger partial charge in [-0.05, 0) is 69.4 Å². The van der Waals surface area contributed by atoms with Crippen LogP contribution in [0.1, 0.15) is 21.6 Å². The Labute approximate surface area is 173 Å². The topological polar surface area (TPSA) is 48.1 Å². The largest absolute Gasteiger partial charge is 0.358 e. The predicted octanol–water partition coefficient (Wildman–Crippen LogP) is 5.20. The van der Waals surface area contributed by atoms with Gasteiger partial charge in [0.05, 0.1) is 10.6 Å². The van der Waals surface area contributed by atoms with E-state index >= 15 is 0 Å². The molecule has 1 heterocycles. The van der Waals surface area contributed by atoms with Crippen LogP contribution in [-0.4, -0.2) is 36.4 Å². The van der Waals surface area contributed by atoms with Crippen molar-refractivity contribution >= 4 is 51.1 Å². The molecule has 3 rings (SSSR count). The maximum atomic E-state index is 13.2. The monoisotopic (exact) mass is 453 g/mol. The number of nitrogens with one attached hydrogen (secondary N) is 2. The highest BCUT2D eigenvalue weighted by atomic mass is 79.9. The van der Waals surface area contributed by atoms with Gasteiger partial charge >= 0.3 is 0 Å². The molecular formula is C20H22BrClFN3O. The lowest BCUT2D eigenvalue weighted by atomic mass is 10.1. The molecule has 0 bridgehead atoms. The SMILES string of the molecule is Br.Cc1[nH]c2ccc(NC(=O)c3ccc(F)cc3Cl)cc2c1CCN(C)C. The van der Waals surface area contributed by atoms with Crippen LogP contribution in [0.25, 0.3) is 10.9 Å². The van der Waals surface area contributed by atoms with Gasteiger partial charge in [0.1, 0.15) is 5.82 Å². The molecule has 2 aromatic carbocycles. The van der Waals surface area contributed by atoms with Crippen LogP contribution >= 0.6 is 28.6 Å². The third-order valence-electron chi connectivity index (χ3n) is 4.36. The second-order valence-corrected chi connectivity index (χ2v) is 7.03. The molecule has 4 nitrogen and oxygen atoms in total. The number of aromatic nitrogens is 1. The first-order valence-electron chi connectivity index (χ1n) is 8.37. The summed E-state index contributed by atoms with van der Waals surface area (Å²) in [5.74, 6) is -0.835. The molecule has 0 radical (unpaired) electrons. The van der Waals surface area contributed by atoms with Gasteiger partial charge in [0, 0.05) is 28.8 Å². The van der Waals surface area contributed by atoms with Gasteiger partial charge in [0.25, 0.3) is 5.91 Å². The lowest BCUT2D eigenvalue weighted by molar-refractivity contribution is 0.102. The van der Waals surface area contributed by atoms with E-state index in [1.165, 1.54) is 17.7 Å². The summed E-state index contributed by atoms with van der Waals surface area (Å²) in [6, 6.07) is 9.48. The smallest absolute Gasteiger partial charge is 0.257 e. The van der Waals surface area contributed by atoms with Crippen molar-refractivity contribution in [1.82, 2.24) is 9.88 Å². The number of nitrogens with zero attached hydrogens (tertiary/aromatic N) is 1. The van der Waals surface area contributed by atoms with Crippen molar-refractivity contribution in [3.05, 3.63) is 64.1 Å². The minimum atomic E-state index is -0.471. The highest BCUT2D eigenvalue weighted by Crippen LogP contribution is 2.27. The molecule has 0 fully saturated rings. The Hall–Kier alpha value is -1.89. The minimum absolute atomic E-state index is 0. The standard InChI is InChI=1S/C20H21ClFN3O.BrH/c1-12-15(8-9-25(2)3)17-11-14(5-7-19(17)23-12)24-20(26)16-6-4-13(22)10-18(16)21;/h4-7,10-11,23H,8-9H2,1-3H3,(H,24,26);1H. The molecule has 7 heteroatoms. The highest BCUT2D eigenvalue weighted by molar-refractivity contribution is 8.93. The summed E-state index contributed by atoms with van der Waals surface area (Å²) in [6.45, 7) is 3.00. The molecule has 144 valence electrons. The predicted molar refractivity (Wildman–Crippen MR) is 115 cm³/mol. The third-order valence-corrected chi connectivity index (χ3v) is 4.67. The first kappa shape index (κ1) is 21.4. The number of hydrogen-bond donors (Lipinski definition) is 2. The van der Waals surface area contributed by atoms with Crippen molar-refractivity contribution in [3.63, 3.8) is 0 Å². The number of aromatic amines is 1. The second-order valence-electron chi connectivity index (χ2n) is 6.62. The number of benzene rings is 2. The number of H-pyrrole nitrogens is 1. The summed E-state index contributed by atoms with van der Waals surface area (Å²) in [7, 11) is 4.09. The van der Waals surface area contributed by atoms with Crippen LogP contribution in [-0.2, 0) is 6.42 Å². The fourth-order valence-electron chi connectivity index (χ4n) is 2.99. The van der Waals surface area contributed by atoms with Gasteiger partial charge in [-0.1, -0.05) is 11.6 Å². The number of hydrogen-bond acceptors (Lipinski definition) is 2. The average Bonchev–Trinajstić information content (AvgIpc) is 2.87. The van der Waals surface area contributed by atoms with Crippen molar-refractivity contribution in [3.8, 4) is 0 Å². The summed E-state index contributed by atoms with van der Waals surface area (Å²) in [4.78, 5) is 18.0. The van der Waals surface area contributed by atoms with Crippen molar-refractivity contribution in [2.24, 2.45) is 0 Å². The fraction of sp³-hybridized carbons (Fsp3) is 0.250. The summed E-state index contributed by atoms with van der Waals surface area (Å²) in [6.07, 6.45) is 0.917. The van der Waals surface area contributed by atoms with Gasteiger partial charge in [-0.2, -0.15) is 0 Å². The van der Waals surface area contributed by atoms with E-state index in [4.69, 9.17) is 11.6 Å². The van der Waals surface area contributed by atoms with E-state index < -0.39 is 5.82 Å². The lowest BCUT2D eigenvalue weighted by Gasteiger charge is -2.10. The molecule has 0 saturated heterocycles. The molecule has 0 aliphatic rings. The Morgan fingerprint density at radius 1 is 1.22 bits per heavy atom. The Kier molecular flexibility index (Phi) is 7.03. The van der Waals surface area contributed by atoms with Gasteiger partial charge < -0.3 is 15.2 Å². The molecule has 3 aromatic rings. The number of amides is 1. The van der Waals surface area contributed by atoms with Crippen molar-refractivity contribution in [2.75, 3.05) is 26.0 Å². The van der Waals surface area contributed by atoms with Crippen LogP contribution in [0.4, 0.5) is 10.1 Å². The second kappa shape index (κ2) is 8.87. The number of likely N-dealkylation sites (N-methyl/N-ethyl adjacent to an activating group) is 1. The van der Waals surface area contributed by atoms with E-state index in [-0.39, 0.29) is 33.5 Å². The first-order chi connectivity index (χ1) is 12.3. The zero-order valence-electron chi connectivity index (χ0n) is 15.4. The number of rotatable bonds is 5. The van der Waals surface area contributed by atoms with Crippen LogP contribution in [0.15, 0.2) is 36.4 Å². The number of anilines is 1. The Morgan fingerprint density at radius 3 is 2.63 bits per heavy atom.